The molecule has 150 valence electrons. The minimum Gasteiger partial charge on any atom is -0.325 e. The predicted molar refractivity (Wildman–Crippen MR) is 102 cm³/mol. The second-order valence-electron chi connectivity index (χ2n) is 6.03. The highest BCUT2D eigenvalue weighted by Gasteiger charge is 2.47. The van der Waals surface area contributed by atoms with Gasteiger partial charge in [0.15, 0.2) is 11.2 Å². The second-order valence-corrected chi connectivity index (χ2v) is 10.0. The second kappa shape index (κ2) is 8.92. The number of anilines is 1. The van der Waals surface area contributed by atoms with Gasteiger partial charge in [0.05, 0.1) is 0 Å². The molecule has 1 amide bonds. The molecule has 2 aromatic carbocycles. The summed E-state index contributed by atoms with van der Waals surface area (Å²) >= 11 is 0. The number of hydrogen-bond acceptors (Lipinski definition) is 4. The maximum atomic E-state index is 12.8. The molecule has 2 rings (SSSR count). The van der Waals surface area contributed by atoms with E-state index in [2.05, 4.69) is 5.32 Å². The van der Waals surface area contributed by atoms with Gasteiger partial charge in [-0.2, -0.15) is 0 Å². The number of hydrogen-bond donors (Lipinski definition) is 5. The van der Waals surface area contributed by atoms with Crippen molar-refractivity contribution < 1.29 is 38.3 Å². The Bertz CT molecular complexity index is 901. The molecule has 0 saturated heterocycles. The van der Waals surface area contributed by atoms with Crippen LogP contribution in [0.3, 0.4) is 0 Å². The zero-order valence-corrected chi connectivity index (χ0v) is 16.2. The molecular formula is C17H19NO8P2. The molecule has 28 heavy (non-hydrogen) atoms. The monoisotopic (exact) mass is 427 g/mol. The first-order chi connectivity index (χ1) is 13.0. The summed E-state index contributed by atoms with van der Waals surface area (Å²) in [6.07, 6.45) is -1.01. The van der Waals surface area contributed by atoms with E-state index in [0.717, 1.165) is 0 Å². The van der Waals surface area contributed by atoms with E-state index in [1.165, 1.54) is 36.4 Å². The number of carbonyl (C=O) groups is 2. The van der Waals surface area contributed by atoms with Crippen LogP contribution in [0.1, 0.15) is 16.8 Å². The fraction of sp³-hybridized carbons (Fsp3) is 0.176. The van der Waals surface area contributed by atoms with Crippen molar-refractivity contribution in [1.29, 1.82) is 0 Å². The van der Waals surface area contributed by atoms with Crippen molar-refractivity contribution in [1.82, 2.24) is 0 Å². The van der Waals surface area contributed by atoms with E-state index in [4.69, 9.17) is 0 Å². The molecule has 0 aromatic heterocycles. The number of Topliss-reactive ketones (excluding diaryl/α,β-unsaturated/α-hetero) is 1. The van der Waals surface area contributed by atoms with Crippen LogP contribution in [0.4, 0.5) is 5.69 Å². The quantitative estimate of drug-likeness (QED) is 0.243. The molecule has 0 aliphatic heterocycles. The largest absolute Gasteiger partial charge is 0.340 e. The van der Waals surface area contributed by atoms with E-state index in [9.17, 15) is 38.3 Å². The lowest BCUT2D eigenvalue weighted by Crippen LogP contribution is -2.33. The lowest BCUT2D eigenvalue weighted by atomic mass is 9.94. The van der Waals surface area contributed by atoms with Crippen molar-refractivity contribution >= 4 is 32.6 Å². The Morgan fingerprint density at radius 2 is 1.29 bits per heavy atom. The summed E-state index contributed by atoms with van der Waals surface area (Å²) in [5.74, 6) is -3.44. The molecule has 0 fully saturated rings. The Balaban J connectivity index is 2.40. The van der Waals surface area contributed by atoms with Crippen molar-refractivity contribution in [3.63, 3.8) is 0 Å². The van der Waals surface area contributed by atoms with E-state index < -0.39 is 44.6 Å². The maximum absolute atomic E-state index is 12.8. The predicted octanol–water partition coefficient (Wildman–Crippen LogP) is 2.20. The molecule has 0 spiro atoms. The van der Waals surface area contributed by atoms with Crippen molar-refractivity contribution in [2.24, 2.45) is 5.92 Å². The third-order valence-electron chi connectivity index (χ3n) is 3.96. The standard InChI is InChI=1S/C17H19NO8P2/c19-16(12-7-3-1-4-8-12)14(11-15(27(21,22)23)28(24,25)26)17(20)18-13-9-5-2-6-10-13/h1-10,14-15H,11H2,(H,18,20)(H2,21,22,23)(H2,24,25,26). The van der Waals surface area contributed by atoms with Gasteiger partial charge in [0.2, 0.25) is 5.91 Å². The minimum absolute atomic E-state index is 0.0749. The summed E-state index contributed by atoms with van der Waals surface area (Å²) in [7, 11) is -10.6. The number of nitrogens with one attached hydrogen (secondary N) is 1. The Morgan fingerprint density at radius 3 is 1.75 bits per heavy atom. The lowest BCUT2D eigenvalue weighted by Gasteiger charge is -2.24. The van der Waals surface area contributed by atoms with Crippen LogP contribution >= 0.6 is 15.2 Å². The fourth-order valence-electron chi connectivity index (χ4n) is 2.57. The van der Waals surface area contributed by atoms with Crippen LogP contribution in [0.2, 0.25) is 0 Å². The summed E-state index contributed by atoms with van der Waals surface area (Å²) < 4.78 is 23.2. The Morgan fingerprint density at radius 1 is 0.821 bits per heavy atom. The van der Waals surface area contributed by atoms with E-state index in [1.807, 2.05) is 0 Å². The van der Waals surface area contributed by atoms with Gasteiger partial charge in [-0.05, 0) is 18.6 Å². The molecule has 0 aliphatic carbocycles. The first kappa shape index (κ1) is 22.2. The van der Waals surface area contributed by atoms with Gasteiger partial charge in [-0.15, -0.1) is 0 Å². The number of rotatable bonds is 8. The smallest absolute Gasteiger partial charge is 0.325 e. The zero-order valence-electron chi connectivity index (χ0n) is 14.5. The Hall–Kier alpha value is -2.12. The van der Waals surface area contributed by atoms with Gasteiger partial charge in [-0.3, -0.25) is 18.7 Å². The van der Waals surface area contributed by atoms with E-state index >= 15 is 0 Å². The average Bonchev–Trinajstić information content (AvgIpc) is 2.61. The molecule has 1 atom stereocenters. The first-order valence-electron chi connectivity index (χ1n) is 8.06. The van der Waals surface area contributed by atoms with E-state index in [0.29, 0.717) is 5.69 Å². The summed E-state index contributed by atoms with van der Waals surface area (Å²) in [4.78, 5) is 62.9. The van der Waals surface area contributed by atoms with Crippen molar-refractivity contribution in [2.75, 3.05) is 5.32 Å². The molecular weight excluding hydrogens is 408 g/mol. The van der Waals surface area contributed by atoms with E-state index in [-0.39, 0.29) is 5.56 Å². The molecule has 0 heterocycles. The third-order valence-corrected chi connectivity index (χ3v) is 7.74. The molecule has 0 bridgehead atoms. The van der Waals surface area contributed by atoms with Crippen molar-refractivity contribution in [3.8, 4) is 0 Å². The highest BCUT2D eigenvalue weighted by atomic mass is 31.2. The number of para-hydroxylation sites is 1. The van der Waals surface area contributed by atoms with Crippen LogP contribution in [-0.2, 0) is 13.9 Å². The van der Waals surface area contributed by atoms with Gasteiger partial charge in [-0.25, -0.2) is 0 Å². The van der Waals surface area contributed by atoms with Gasteiger partial charge < -0.3 is 24.9 Å². The van der Waals surface area contributed by atoms with E-state index in [1.54, 1.807) is 24.3 Å². The number of amides is 1. The van der Waals surface area contributed by atoms with Crippen LogP contribution in [0.5, 0.6) is 0 Å². The van der Waals surface area contributed by atoms with Crippen molar-refractivity contribution in [2.45, 2.75) is 11.8 Å². The van der Waals surface area contributed by atoms with Gasteiger partial charge in [0.1, 0.15) is 5.92 Å². The van der Waals surface area contributed by atoms with Crippen LogP contribution < -0.4 is 5.32 Å². The molecule has 0 saturated carbocycles. The number of benzene rings is 2. The molecule has 0 aliphatic rings. The first-order valence-corrected chi connectivity index (χ1v) is 11.4. The average molecular weight is 427 g/mol. The van der Waals surface area contributed by atoms with Gasteiger partial charge >= 0.3 is 15.2 Å². The van der Waals surface area contributed by atoms with Gasteiger partial charge in [0, 0.05) is 11.3 Å². The molecule has 11 heteroatoms. The lowest BCUT2D eigenvalue weighted by molar-refractivity contribution is -0.118. The van der Waals surface area contributed by atoms with Crippen LogP contribution in [0.25, 0.3) is 0 Å². The van der Waals surface area contributed by atoms with Crippen LogP contribution in [0, 0.1) is 5.92 Å². The fourth-order valence-corrected chi connectivity index (χ4v) is 5.11. The zero-order chi connectivity index (χ0) is 20.9. The number of ketones is 1. The SMILES string of the molecule is O=C(Nc1ccccc1)C(CC(P(=O)(O)O)P(=O)(O)O)C(=O)c1ccccc1. The van der Waals surface area contributed by atoms with Gasteiger partial charge in [-0.1, -0.05) is 48.5 Å². The highest BCUT2D eigenvalue weighted by molar-refractivity contribution is 7.70. The topological polar surface area (TPSA) is 161 Å². The summed E-state index contributed by atoms with van der Waals surface area (Å²) in [6, 6.07) is 15.5. The number of carbonyl (C=O) groups excluding carboxylic acids is 2. The molecule has 9 nitrogen and oxygen atoms in total. The normalized spacial score (nSPS) is 13.2. The van der Waals surface area contributed by atoms with Gasteiger partial charge in [0.25, 0.3) is 0 Å². The molecule has 1 unspecified atom stereocenters. The molecule has 5 N–H and O–H groups in total. The molecule has 2 aromatic rings. The highest BCUT2D eigenvalue weighted by Crippen LogP contribution is 2.62. The molecule has 0 radical (unpaired) electrons. The maximum Gasteiger partial charge on any atom is 0.340 e. The summed E-state index contributed by atoms with van der Waals surface area (Å²) in [5.41, 5.74) is 0.396. The van der Waals surface area contributed by atoms with Crippen LogP contribution in [0.15, 0.2) is 60.7 Å². The Kier molecular flexibility index (Phi) is 7.06. The minimum atomic E-state index is -5.30. The van der Waals surface area contributed by atoms with Crippen LogP contribution in [-0.4, -0.2) is 36.7 Å². The van der Waals surface area contributed by atoms with Crippen molar-refractivity contribution in [3.05, 3.63) is 66.2 Å². The summed E-state index contributed by atoms with van der Waals surface area (Å²) in [5, 5.41) is -0.0377. The third kappa shape index (κ3) is 5.94. The Labute approximate surface area is 160 Å². The summed E-state index contributed by atoms with van der Waals surface area (Å²) in [6.45, 7) is 0.